The summed E-state index contributed by atoms with van der Waals surface area (Å²) in [6.45, 7) is 4.02. The molecule has 2 N–H and O–H groups in total. The number of nitrogens with zero attached hydrogens (tertiary/aromatic N) is 2. The van der Waals surface area contributed by atoms with Crippen LogP contribution in [0.2, 0.25) is 0 Å². The normalized spacial score (nSPS) is 18.4. The fourth-order valence-electron chi connectivity index (χ4n) is 4.13. The van der Waals surface area contributed by atoms with Gasteiger partial charge in [0, 0.05) is 45.1 Å². The number of carbonyl (C=O) groups excluding carboxylic acids is 1. The molecule has 0 bridgehead atoms. The van der Waals surface area contributed by atoms with Crippen LogP contribution in [0.1, 0.15) is 17.4 Å². The van der Waals surface area contributed by atoms with Gasteiger partial charge in [0.25, 0.3) is 0 Å². The molecule has 1 aromatic heterocycles. The quantitative estimate of drug-likeness (QED) is 0.558. The van der Waals surface area contributed by atoms with Crippen molar-refractivity contribution in [3.8, 4) is 11.3 Å². The maximum absolute atomic E-state index is 13.9. The lowest BCUT2D eigenvalue weighted by Crippen LogP contribution is -2.42. The Morgan fingerprint density at radius 2 is 1.97 bits per heavy atom. The molecule has 4 rings (SSSR count). The average molecular weight is 456 g/mol. The number of likely N-dealkylation sites (tertiary alicyclic amines) is 1. The minimum atomic E-state index is -0.907. The third-order valence-electron chi connectivity index (χ3n) is 5.70. The van der Waals surface area contributed by atoms with Gasteiger partial charge in [-0.2, -0.15) is 0 Å². The van der Waals surface area contributed by atoms with Crippen LogP contribution in [0, 0.1) is 18.6 Å². The third-order valence-corrected chi connectivity index (χ3v) is 5.70. The van der Waals surface area contributed by atoms with Crippen LogP contribution in [0.25, 0.3) is 11.3 Å². The summed E-state index contributed by atoms with van der Waals surface area (Å²) in [7, 11) is 1.62. The molecule has 7 nitrogen and oxygen atoms in total. The summed E-state index contributed by atoms with van der Waals surface area (Å²) >= 11 is 0. The lowest BCUT2D eigenvalue weighted by molar-refractivity contribution is 0.159. The van der Waals surface area contributed by atoms with Crippen LogP contribution in [0.4, 0.5) is 19.5 Å². The zero-order valence-corrected chi connectivity index (χ0v) is 18.5. The minimum absolute atomic E-state index is 0.215. The number of hydrogen-bond acceptors (Lipinski definition) is 5. The molecule has 1 fully saturated rings. The molecular weight excluding hydrogens is 430 g/mol. The molecule has 3 aromatic rings. The number of anilines is 1. The van der Waals surface area contributed by atoms with Crippen LogP contribution in [0.3, 0.4) is 0 Å². The summed E-state index contributed by atoms with van der Waals surface area (Å²) in [4.78, 5) is 19.4. The minimum Gasteiger partial charge on any atom is -0.424 e. The van der Waals surface area contributed by atoms with Gasteiger partial charge in [-0.1, -0.05) is 36.4 Å². The third kappa shape index (κ3) is 5.37. The molecule has 0 unspecified atom stereocenters. The number of halogens is 2. The van der Waals surface area contributed by atoms with E-state index in [1.165, 1.54) is 6.07 Å². The maximum Gasteiger partial charge on any atom is 0.321 e. The van der Waals surface area contributed by atoms with Crippen LogP contribution in [0.5, 0.6) is 0 Å². The predicted molar refractivity (Wildman–Crippen MR) is 120 cm³/mol. The van der Waals surface area contributed by atoms with E-state index < -0.39 is 17.7 Å². The first-order valence-corrected chi connectivity index (χ1v) is 10.7. The standard InChI is InChI=1S/C24H26F2N4O3/c1-15-27-22(16-6-4-3-5-7-16)23(33-15)29-24(31)28-21-14-30(10-11-32-2)13-18(21)17-8-9-19(25)20(26)12-17/h3-9,12,18,21H,10-11,13-14H2,1-2H3,(H2,28,29,31)/t18-,21+/m0/s1. The molecule has 33 heavy (non-hydrogen) atoms. The van der Waals surface area contributed by atoms with Gasteiger partial charge in [0.05, 0.1) is 12.6 Å². The van der Waals surface area contributed by atoms with Crippen molar-refractivity contribution in [3.05, 3.63) is 71.6 Å². The van der Waals surface area contributed by atoms with Gasteiger partial charge >= 0.3 is 6.03 Å². The van der Waals surface area contributed by atoms with E-state index in [9.17, 15) is 13.6 Å². The molecule has 1 aliphatic rings. The Morgan fingerprint density at radius 1 is 1.18 bits per heavy atom. The zero-order valence-electron chi connectivity index (χ0n) is 18.5. The van der Waals surface area contributed by atoms with Crippen LogP contribution in [-0.2, 0) is 4.74 Å². The molecule has 1 saturated heterocycles. The lowest BCUT2D eigenvalue weighted by Gasteiger charge is -2.20. The average Bonchev–Trinajstić information content (AvgIpc) is 3.37. The number of hydrogen-bond donors (Lipinski definition) is 2. The molecule has 0 saturated carbocycles. The van der Waals surface area contributed by atoms with Crippen LogP contribution >= 0.6 is 0 Å². The number of oxazole rings is 1. The first-order valence-electron chi connectivity index (χ1n) is 10.7. The highest BCUT2D eigenvalue weighted by molar-refractivity contribution is 5.91. The van der Waals surface area contributed by atoms with Gasteiger partial charge < -0.3 is 14.5 Å². The van der Waals surface area contributed by atoms with Gasteiger partial charge in [-0.3, -0.25) is 10.2 Å². The lowest BCUT2D eigenvalue weighted by atomic mass is 9.94. The Labute approximate surface area is 190 Å². The number of aromatic nitrogens is 1. The van der Waals surface area contributed by atoms with Gasteiger partial charge in [-0.05, 0) is 17.7 Å². The van der Waals surface area contributed by atoms with E-state index in [1.54, 1.807) is 20.1 Å². The molecule has 174 valence electrons. The van der Waals surface area contributed by atoms with Gasteiger partial charge in [-0.25, -0.2) is 18.6 Å². The summed E-state index contributed by atoms with van der Waals surface area (Å²) in [6, 6.07) is 12.5. The monoisotopic (exact) mass is 456 g/mol. The van der Waals surface area contributed by atoms with Gasteiger partial charge in [0.15, 0.2) is 17.5 Å². The van der Waals surface area contributed by atoms with Crippen molar-refractivity contribution in [2.75, 3.05) is 38.7 Å². The van der Waals surface area contributed by atoms with E-state index in [2.05, 4.69) is 20.5 Å². The summed E-state index contributed by atoms with van der Waals surface area (Å²) in [5, 5.41) is 5.72. The summed E-state index contributed by atoms with van der Waals surface area (Å²) in [5.74, 6) is -1.35. The largest absolute Gasteiger partial charge is 0.424 e. The smallest absolute Gasteiger partial charge is 0.321 e. The number of rotatable bonds is 7. The van der Waals surface area contributed by atoms with E-state index >= 15 is 0 Å². The van der Waals surface area contributed by atoms with Gasteiger partial charge in [0.2, 0.25) is 5.88 Å². The van der Waals surface area contributed by atoms with Crippen LogP contribution in [-0.4, -0.2) is 55.3 Å². The molecule has 9 heteroatoms. The molecular formula is C24H26F2N4O3. The van der Waals surface area contributed by atoms with Crippen molar-refractivity contribution in [1.29, 1.82) is 0 Å². The van der Waals surface area contributed by atoms with Crippen molar-refractivity contribution in [3.63, 3.8) is 0 Å². The number of aryl methyl sites for hydroxylation is 1. The number of benzene rings is 2. The molecule has 2 aromatic carbocycles. The number of urea groups is 1. The number of ether oxygens (including phenoxy) is 1. The first-order chi connectivity index (χ1) is 15.9. The van der Waals surface area contributed by atoms with E-state index in [0.29, 0.717) is 43.4 Å². The molecule has 2 heterocycles. The maximum atomic E-state index is 13.9. The van der Waals surface area contributed by atoms with Gasteiger partial charge in [-0.15, -0.1) is 0 Å². The van der Waals surface area contributed by atoms with E-state index in [4.69, 9.17) is 9.15 Å². The van der Waals surface area contributed by atoms with E-state index in [-0.39, 0.29) is 17.8 Å². The highest BCUT2D eigenvalue weighted by atomic mass is 19.2. The molecule has 0 aliphatic carbocycles. The number of amides is 2. The fourth-order valence-corrected chi connectivity index (χ4v) is 4.13. The Bertz CT molecular complexity index is 1110. The second kappa shape index (κ2) is 10.1. The molecule has 2 atom stereocenters. The SMILES string of the molecule is COCCN1C[C@@H](NC(=O)Nc2oc(C)nc2-c2ccccc2)[C@H](c2ccc(F)c(F)c2)C1. The Kier molecular flexibility index (Phi) is 7.00. The zero-order chi connectivity index (χ0) is 23.4. The molecule has 0 spiro atoms. The number of nitrogens with one attached hydrogen (secondary N) is 2. The first kappa shape index (κ1) is 22.9. The predicted octanol–water partition coefficient (Wildman–Crippen LogP) is 4.16. The highest BCUT2D eigenvalue weighted by Gasteiger charge is 2.35. The Hall–Kier alpha value is -3.30. The number of methoxy groups -OCH3 is 1. The van der Waals surface area contributed by atoms with E-state index in [1.807, 2.05) is 30.3 Å². The molecule has 1 aliphatic heterocycles. The second-order valence-electron chi connectivity index (χ2n) is 8.01. The van der Waals surface area contributed by atoms with Crippen LogP contribution in [0.15, 0.2) is 52.9 Å². The summed E-state index contributed by atoms with van der Waals surface area (Å²) < 4.78 is 38.1. The molecule has 0 radical (unpaired) electrons. The summed E-state index contributed by atoms with van der Waals surface area (Å²) in [5.41, 5.74) is 1.98. The van der Waals surface area contributed by atoms with Crippen molar-refractivity contribution in [2.45, 2.75) is 18.9 Å². The van der Waals surface area contributed by atoms with E-state index in [0.717, 1.165) is 11.6 Å². The molecule has 2 amide bonds. The summed E-state index contributed by atoms with van der Waals surface area (Å²) in [6.07, 6.45) is 0. The Balaban J connectivity index is 1.51. The van der Waals surface area contributed by atoms with Crippen molar-refractivity contribution < 1.29 is 22.7 Å². The topological polar surface area (TPSA) is 79.6 Å². The highest BCUT2D eigenvalue weighted by Crippen LogP contribution is 2.30. The van der Waals surface area contributed by atoms with Crippen LogP contribution < -0.4 is 10.6 Å². The fraction of sp³-hybridized carbons (Fsp3) is 0.333. The van der Waals surface area contributed by atoms with Crippen molar-refractivity contribution in [1.82, 2.24) is 15.2 Å². The number of carbonyl (C=O) groups is 1. The second-order valence-corrected chi connectivity index (χ2v) is 8.01. The van der Waals surface area contributed by atoms with Crippen molar-refractivity contribution in [2.24, 2.45) is 0 Å². The van der Waals surface area contributed by atoms with Gasteiger partial charge in [0.1, 0.15) is 5.69 Å². The Morgan fingerprint density at radius 3 is 2.70 bits per heavy atom. The van der Waals surface area contributed by atoms with Crippen molar-refractivity contribution >= 4 is 11.9 Å².